The van der Waals surface area contributed by atoms with E-state index in [9.17, 15) is 35.9 Å². The number of hydrogen-bond donors (Lipinski definition) is 4. The van der Waals surface area contributed by atoms with Crippen LogP contribution in [0.25, 0.3) is 0 Å². The number of methoxy groups -OCH3 is 1. The number of alkyl halides is 6. The first-order chi connectivity index (χ1) is 18.6. The third kappa shape index (κ3) is 9.18. The summed E-state index contributed by atoms with van der Waals surface area (Å²) in [5, 5.41) is 14.7. The van der Waals surface area contributed by atoms with Crippen molar-refractivity contribution in [3.8, 4) is 5.75 Å². The normalized spacial score (nSPS) is 11.0. The number of aromatic nitrogens is 1. The minimum atomic E-state index is -5.08. The van der Waals surface area contributed by atoms with Crippen molar-refractivity contribution in [1.29, 1.82) is 0 Å². The Bertz CT molecular complexity index is 1340. The van der Waals surface area contributed by atoms with Crippen LogP contribution in [0, 0.1) is 0 Å². The summed E-state index contributed by atoms with van der Waals surface area (Å²) in [5.41, 5.74) is -0.367. The average Bonchev–Trinajstić information content (AvgIpc) is 2.88. The maximum Gasteiger partial charge on any atom is 0.490 e. The third-order valence-electron chi connectivity index (χ3n) is 4.91. The lowest BCUT2D eigenvalue weighted by Crippen LogP contribution is -2.21. The van der Waals surface area contributed by atoms with Gasteiger partial charge in [0.25, 0.3) is 5.91 Å². The van der Waals surface area contributed by atoms with Crippen molar-refractivity contribution in [3.05, 3.63) is 77.5 Å². The molecule has 40 heavy (non-hydrogen) atoms. The molecule has 0 saturated heterocycles. The number of benzene rings is 2. The van der Waals surface area contributed by atoms with Gasteiger partial charge >= 0.3 is 18.3 Å². The van der Waals surface area contributed by atoms with Crippen molar-refractivity contribution < 1.29 is 50.6 Å². The number of carboxylic acid groups (broad SMARTS) is 1. The van der Waals surface area contributed by atoms with E-state index in [0.29, 0.717) is 17.5 Å². The number of aliphatic carboxylic acids is 1. The second-order valence-corrected chi connectivity index (χ2v) is 7.74. The van der Waals surface area contributed by atoms with Crippen molar-refractivity contribution >= 4 is 35.0 Å². The second-order valence-electron chi connectivity index (χ2n) is 7.74. The molecule has 3 aromatic rings. The lowest BCUT2D eigenvalue weighted by molar-refractivity contribution is -0.192. The summed E-state index contributed by atoms with van der Waals surface area (Å²) in [4.78, 5) is 37.1. The molecule has 0 unspecified atom stereocenters. The number of amides is 2. The monoisotopic (exact) mass is 572 g/mol. The maximum atomic E-state index is 13.6. The molecule has 0 saturated carbocycles. The first-order valence-corrected chi connectivity index (χ1v) is 11.0. The van der Waals surface area contributed by atoms with Crippen LogP contribution in [-0.2, 0) is 22.2 Å². The molecule has 0 atom stereocenters. The number of nitrogens with one attached hydrogen (secondary N) is 3. The maximum absolute atomic E-state index is 13.6. The molecule has 2 amide bonds. The summed E-state index contributed by atoms with van der Waals surface area (Å²) in [6, 6.07) is 14.0. The van der Waals surface area contributed by atoms with Crippen LogP contribution in [0.4, 0.5) is 43.5 Å². The fourth-order valence-corrected chi connectivity index (χ4v) is 3.04. The molecule has 0 radical (unpaired) electrons. The Morgan fingerprint density at radius 1 is 0.950 bits per heavy atom. The first kappa shape index (κ1) is 31.4. The van der Waals surface area contributed by atoms with Crippen LogP contribution in [0.3, 0.4) is 0 Å². The quantitative estimate of drug-likeness (QED) is 0.293. The molecule has 214 valence electrons. The minimum absolute atomic E-state index is 0.00500. The van der Waals surface area contributed by atoms with Gasteiger partial charge in [0.1, 0.15) is 11.6 Å². The largest absolute Gasteiger partial charge is 0.497 e. The molecule has 0 fully saturated rings. The van der Waals surface area contributed by atoms with Crippen LogP contribution in [-0.4, -0.2) is 48.2 Å². The van der Waals surface area contributed by atoms with Crippen LogP contribution < -0.4 is 20.7 Å². The van der Waals surface area contributed by atoms with Crippen molar-refractivity contribution in [2.45, 2.75) is 18.8 Å². The molecule has 4 N–H and O–H groups in total. The van der Waals surface area contributed by atoms with Crippen LogP contribution >= 0.6 is 0 Å². The van der Waals surface area contributed by atoms with Crippen molar-refractivity contribution in [1.82, 2.24) is 10.3 Å². The molecular weight excluding hydrogens is 550 g/mol. The van der Waals surface area contributed by atoms with Gasteiger partial charge in [-0.1, -0.05) is 24.3 Å². The van der Waals surface area contributed by atoms with Gasteiger partial charge in [-0.25, -0.2) is 9.78 Å². The van der Waals surface area contributed by atoms with Gasteiger partial charge in [-0.15, -0.1) is 0 Å². The highest BCUT2D eigenvalue weighted by molar-refractivity contribution is 6.00. The van der Waals surface area contributed by atoms with Gasteiger partial charge in [0.15, 0.2) is 0 Å². The fourth-order valence-electron chi connectivity index (χ4n) is 3.04. The molecule has 0 aliphatic carbocycles. The number of pyridine rings is 1. The van der Waals surface area contributed by atoms with E-state index in [0.717, 1.165) is 6.07 Å². The smallest absolute Gasteiger partial charge is 0.490 e. The van der Waals surface area contributed by atoms with E-state index in [1.54, 1.807) is 36.4 Å². The Hall–Kier alpha value is -4.82. The second kappa shape index (κ2) is 13.3. The molecule has 2 aromatic carbocycles. The summed E-state index contributed by atoms with van der Waals surface area (Å²) in [6.07, 6.45) is -9.16. The topological polar surface area (TPSA) is 130 Å². The zero-order valence-electron chi connectivity index (χ0n) is 20.8. The Labute approximate surface area is 223 Å². The van der Waals surface area contributed by atoms with Gasteiger partial charge in [-0.3, -0.25) is 9.59 Å². The number of carbonyl (C=O) groups excluding carboxylic acids is 2. The van der Waals surface area contributed by atoms with Gasteiger partial charge in [0.05, 0.1) is 36.0 Å². The van der Waals surface area contributed by atoms with E-state index < -0.39 is 35.7 Å². The summed E-state index contributed by atoms with van der Waals surface area (Å²) in [6.45, 7) is 0. The van der Waals surface area contributed by atoms with E-state index in [4.69, 9.17) is 14.6 Å². The number of rotatable bonds is 7. The van der Waals surface area contributed by atoms with E-state index in [1.807, 2.05) is 0 Å². The summed E-state index contributed by atoms with van der Waals surface area (Å²) >= 11 is 0. The minimum Gasteiger partial charge on any atom is -0.497 e. The predicted octanol–water partition coefficient (Wildman–Crippen LogP) is 5.03. The van der Waals surface area contributed by atoms with Crippen LogP contribution in [0.15, 0.2) is 60.8 Å². The van der Waals surface area contributed by atoms with Gasteiger partial charge < -0.3 is 25.8 Å². The fraction of sp³-hybridized carbons (Fsp3) is 0.200. The zero-order valence-corrected chi connectivity index (χ0v) is 20.8. The zero-order chi connectivity index (χ0) is 30.1. The number of halogens is 6. The summed E-state index contributed by atoms with van der Waals surface area (Å²) in [5.74, 6) is -3.11. The number of carbonyl (C=O) groups is 3. The number of ether oxygens (including phenoxy) is 1. The van der Waals surface area contributed by atoms with Crippen molar-refractivity contribution in [3.63, 3.8) is 0 Å². The number of carboxylic acids is 1. The molecular formula is C25H22F6N4O5. The van der Waals surface area contributed by atoms with Crippen molar-refractivity contribution in [2.24, 2.45) is 0 Å². The third-order valence-corrected chi connectivity index (χ3v) is 4.91. The number of hydrogen-bond acceptors (Lipinski definition) is 6. The molecule has 15 heteroatoms. The predicted molar refractivity (Wildman–Crippen MR) is 131 cm³/mol. The standard InChI is InChI=1S/C23H21F3N4O3.C2HF3O2/c1-27-22(32)16-5-3-4-6-18(16)29-19-12-20(28-13-17(19)23(24,25)26)30-21(31)11-14-7-9-15(33-2)10-8-14;3-2(4,5)1(6)7/h3-10,12-13H,11H2,1-2H3,(H,27,32)(H2,28,29,30,31);(H,6,7). The highest BCUT2D eigenvalue weighted by Crippen LogP contribution is 2.37. The molecule has 1 heterocycles. The highest BCUT2D eigenvalue weighted by Gasteiger charge is 2.38. The summed E-state index contributed by atoms with van der Waals surface area (Å²) in [7, 11) is 2.94. The highest BCUT2D eigenvalue weighted by atomic mass is 19.4. The molecule has 3 rings (SSSR count). The van der Waals surface area contributed by atoms with Gasteiger partial charge in [-0.05, 0) is 29.8 Å². The Kier molecular flexibility index (Phi) is 10.4. The average molecular weight is 572 g/mol. The van der Waals surface area contributed by atoms with Crippen LogP contribution in [0.5, 0.6) is 5.75 Å². The SMILES string of the molecule is CNC(=O)c1ccccc1Nc1cc(NC(=O)Cc2ccc(OC)cc2)ncc1C(F)(F)F.O=C(O)C(F)(F)F. The molecule has 0 spiro atoms. The van der Waals surface area contributed by atoms with Gasteiger partial charge in [-0.2, -0.15) is 26.3 Å². The lowest BCUT2D eigenvalue weighted by atomic mass is 10.1. The van der Waals surface area contributed by atoms with E-state index >= 15 is 0 Å². The van der Waals surface area contributed by atoms with Gasteiger partial charge in [0.2, 0.25) is 5.91 Å². The number of nitrogens with zero attached hydrogens (tertiary/aromatic N) is 1. The molecule has 0 bridgehead atoms. The van der Waals surface area contributed by atoms with Crippen LogP contribution in [0.2, 0.25) is 0 Å². The molecule has 0 aliphatic rings. The first-order valence-electron chi connectivity index (χ1n) is 11.0. The number of anilines is 3. The van der Waals surface area contributed by atoms with E-state index in [2.05, 4.69) is 20.9 Å². The number of para-hydroxylation sites is 1. The van der Waals surface area contributed by atoms with Gasteiger partial charge in [0, 0.05) is 19.3 Å². The molecule has 0 aliphatic heterocycles. The Morgan fingerprint density at radius 2 is 1.55 bits per heavy atom. The van der Waals surface area contributed by atoms with E-state index in [1.165, 1.54) is 26.3 Å². The molecule has 1 aromatic heterocycles. The van der Waals surface area contributed by atoms with Crippen molar-refractivity contribution in [2.75, 3.05) is 24.8 Å². The molecule has 9 nitrogen and oxygen atoms in total. The summed E-state index contributed by atoms with van der Waals surface area (Å²) < 4.78 is 77.5. The Morgan fingerprint density at radius 3 is 2.08 bits per heavy atom. The van der Waals surface area contributed by atoms with E-state index in [-0.39, 0.29) is 29.2 Å². The Balaban J connectivity index is 0.000000708. The lowest BCUT2D eigenvalue weighted by Gasteiger charge is -2.17. The van der Waals surface area contributed by atoms with Crippen LogP contribution in [0.1, 0.15) is 21.5 Å².